The minimum Gasteiger partial charge on any atom is -0.378 e. The van der Waals surface area contributed by atoms with Gasteiger partial charge in [0.05, 0.1) is 36.2 Å². The molecule has 0 atom stereocenters. The van der Waals surface area contributed by atoms with Crippen molar-refractivity contribution in [3.05, 3.63) is 81.3 Å². The van der Waals surface area contributed by atoms with E-state index >= 15 is 0 Å². The molecule has 7 nitrogen and oxygen atoms in total. The lowest BCUT2D eigenvalue weighted by Crippen LogP contribution is -2.36. The van der Waals surface area contributed by atoms with Gasteiger partial charge >= 0.3 is 0 Å². The number of benzene rings is 2. The van der Waals surface area contributed by atoms with E-state index in [2.05, 4.69) is 43.3 Å². The van der Waals surface area contributed by atoms with Crippen LogP contribution in [-0.2, 0) is 11.3 Å². The Morgan fingerprint density at radius 1 is 1.03 bits per heavy atom. The molecule has 10 heteroatoms. The van der Waals surface area contributed by atoms with Gasteiger partial charge in [0.15, 0.2) is 5.82 Å². The molecule has 4 heterocycles. The number of para-hydroxylation sites is 1. The molecule has 0 spiro atoms. The largest absolute Gasteiger partial charge is 0.378 e. The Hall–Kier alpha value is -3.17. The van der Waals surface area contributed by atoms with E-state index in [-0.39, 0.29) is 0 Å². The highest BCUT2D eigenvalue weighted by molar-refractivity contribution is 7.17. The van der Waals surface area contributed by atoms with Crippen LogP contribution in [-0.4, -0.2) is 47.1 Å². The second-order valence-corrected chi connectivity index (χ2v) is 10.1. The van der Waals surface area contributed by atoms with Crippen LogP contribution in [0.4, 0.5) is 11.8 Å². The first-order valence-corrected chi connectivity index (χ1v) is 13.2. The number of halogens is 2. The lowest BCUT2D eigenvalue weighted by atomic mass is 10.2. The number of hydrogen-bond acceptors (Lipinski definition) is 7. The van der Waals surface area contributed by atoms with Crippen molar-refractivity contribution in [3.63, 3.8) is 0 Å². The van der Waals surface area contributed by atoms with Crippen LogP contribution in [0.15, 0.2) is 65.2 Å². The third-order valence-electron chi connectivity index (χ3n) is 6.17. The molecule has 1 aliphatic heterocycles. The number of nitrogens with one attached hydrogen (secondary N) is 1. The van der Waals surface area contributed by atoms with Gasteiger partial charge in [-0.3, -0.25) is 0 Å². The van der Waals surface area contributed by atoms with Gasteiger partial charge in [-0.2, -0.15) is 10.1 Å². The van der Waals surface area contributed by atoms with Crippen LogP contribution in [0.25, 0.3) is 21.1 Å². The standard InChI is InChI=1S/C26H22Cl2N6OS/c27-20-5-3-6-21(28)19(20)16-34-15-17(18-4-1-2-7-23(18)34)14-29-32-26-30-22-8-13-36-24(22)25(31-26)33-9-11-35-12-10-33/h1-8,13-15H,9-12,16H2,(H,30,31,32)/b29-14+. The van der Waals surface area contributed by atoms with Crippen LogP contribution in [0.3, 0.4) is 0 Å². The molecule has 1 N–H and O–H groups in total. The number of hydrazone groups is 1. The number of nitrogens with zero attached hydrogens (tertiary/aromatic N) is 5. The summed E-state index contributed by atoms with van der Waals surface area (Å²) in [6.07, 6.45) is 3.85. The SMILES string of the molecule is Clc1cccc(Cl)c1Cn1cc(/C=N/Nc2nc(N3CCOCC3)c3sccc3n2)c2ccccc21. The molecule has 0 radical (unpaired) electrons. The molecular weight excluding hydrogens is 515 g/mol. The number of hydrogen-bond donors (Lipinski definition) is 1. The zero-order chi connectivity index (χ0) is 24.5. The van der Waals surface area contributed by atoms with E-state index in [0.717, 1.165) is 51.2 Å². The lowest BCUT2D eigenvalue weighted by Gasteiger charge is -2.28. The van der Waals surface area contributed by atoms with Crippen molar-refractivity contribution >= 4 is 73.6 Å². The van der Waals surface area contributed by atoms with Gasteiger partial charge in [-0.15, -0.1) is 11.3 Å². The predicted octanol–water partition coefficient (Wildman–Crippen LogP) is 6.28. The molecule has 1 fully saturated rings. The summed E-state index contributed by atoms with van der Waals surface area (Å²) in [6, 6.07) is 15.8. The number of thiophene rings is 1. The third kappa shape index (κ3) is 4.53. The van der Waals surface area contributed by atoms with E-state index in [1.54, 1.807) is 17.6 Å². The topological polar surface area (TPSA) is 67.6 Å². The summed E-state index contributed by atoms with van der Waals surface area (Å²) in [5.74, 6) is 1.38. The molecule has 0 bridgehead atoms. The van der Waals surface area contributed by atoms with Crippen LogP contribution >= 0.6 is 34.5 Å². The highest BCUT2D eigenvalue weighted by Gasteiger charge is 2.18. The van der Waals surface area contributed by atoms with Crippen LogP contribution < -0.4 is 10.3 Å². The Morgan fingerprint density at radius 2 is 1.83 bits per heavy atom. The fraction of sp³-hybridized carbons (Fsp3) is 0.192. The van der Waals surface area contributed by atoms with Crippen LogP contribution in [0, 0.1) is 0 Å². The average Bonchev–Trinajstić information content (AvgIpc) is 3.51. The highest BCUT2D eigenvalue weighted by Crippen LogP contribution is 2.31. The van der Waals surface area contributed by atoms with Gasteiger partial charge in [0.25, 0.3) is 0 Å². The molecule has 5 aromatic rings. The van der Waals surface area contributed by atoms with Gasteiger partial charge in [-0.05, 0) is 29.6 Å². The molecule has 0 saturated carbocycles. The summed E-state index contributed by atoms with van der Waals surface area (Å²) in [7, 11) is 0. The van der Waals surface area contributed by atoms with E-state index in [1.165, 1.54) is 0 Å². The van der Waals surface area contributed by atoms with Crippen molar-refractivity contribution in [2.45, 2.75) is 6.54 Å². The first-order valence-electron chi connectivity index (χ1n) is 11.5. The van der Waals surface area contributed by atoms with Gasteiger partial charge < -0.3 is 14.2 Å². The van der Waals surface area contributed by atoms with Crippen molar-refractivity contribution < 1.29 is 4.74 Å². The second kappa shape index (κ2) is 10.1. The number of morpholine rings is 1. The summed E-state index contributed by atoms with van der Waals surface area (Å²) < 4.78 is 8.72. The number of rotatable bonds is 6. The minimum absolute atomic E-state index is 0.463. The summed E-state index contributed by atoms with van der Waals surface area (Å²) >= 11 is 14.5. The van der Waals surface area contributed by atoms with Gasteiger partial charge in [0.2, 0.25) is 5.95 Å². The van der Waals surface area contributed by atoms with Crippen molar-refractivity contribution in [2.75, 3.05) is 36.6 Å². The van der Waals surface area contributed by atoms with Crippen molar-refractivity contribution in [1.29, 1.82) is 0 Å². The van der Waals surface area contributed by atoms with Gasteiger partial charge in [0, 0.05) is 51.4 Å². The highest BCUT2D eigenvalue weighted by atomic mass is 35.5. The van der Waals surface area contributed by atoms with E-state index in [4.69, 9.17) is 32.9 Å². The fourth-order valence-electron chi connectivity index (χ4n) is 4.41. The second-order valence-electron chi connectivity index (χ2n) is 8.40. The summed E-state index contributed by atoms with van der Waals surface area (Å²) in [5.41, 5.74) is 6.86. The van der Waals surface area contributed by atoms with E-state index in [9.17, 15) is 0 Å². The summed E-state index contributed by atoms with van der Waals surface area (Å²) in [6.45, 7) is 3.56. The quantitative estimate of drug-likeness (QED) is 0.204. The number of ether oxygens (including phenoxy) is 1. The Kier molecular flexibility index (Phi) is 6.50. The Morgan fingerprint density at radius 3 is 2.67 bits per heavy atom. The molecule has 1 saturated heterocycles. The fourth-order valence-corrected chi connectivity index (χ4v) is 5.77. The van der Waals surface area contributed by atoms with Crippen LogP contribution in [0.2, 0.25) is 10.0 Å². The van der Waals surface area contributed by atoms with Crippen molar-refractivity contribution in [2.24, 2.45) is 5.10 Å². The van der Waals surface area contributed by atoms with Crippen molar-refractivity contribution in [1.82, 2.24) is 14.5 Å². The first kappa shape index (κ1) is 23.2. The van der Waals surface area contributed by atoms with E-state index < -0.39 is 0 Å². The molecule has 1 aliphatic rings. The third-order valence-corrected chi connectivity index (χ3v) is 7.78. The van der Waals surface area contributed by atoms with Gasteiger partial charge in [0.1, 0.15) is 0 Å². The smallest absolute Gasteiger partial charge is 0.246 e. The van der Waals surface area contributed by atoms with Crippen LogP contribution in [0.1, 0.15) is 11.1 Å². The molecule has 6 rings (SSSR count). The monoisotopic (exact) mass is 536 g/mol. The molecule has 0 unspecified atom stereocenters. The predicted molar refractivity (Wildman–Crippen MR) is 149 cm³/mol. The summed E-state index contributed by atoms with van der Waals surface area (Å²) in [4.78, 5) is 11.7. The lowest BCUT2D eigenvalue weighted by molar-refractivity contribution is 0.122. The zero-order valence-electron chi connectivity index (χ0n) is 19.2. The molecule has 0 aliphatic carbocycles. The Bertz CT molecular complexity index is 1550. The summed E-state index contributed by atoms with van der Waals surface area (Å²) in [5, 5.41) is 8.90. The van der Waals surface area contributed by atoms with Crippen molar-refractivity contribution in [3.8, 4) is 0 Å². The van der Waals surface area contributed by atoms with Crippen LogP contribution in [0.5, 0.6) is 0 Å². The molecule has 0 amide bonds. The first-order chi connectivity index (χ1) is 17.7. The molecular formula is C26H22Cl2N6OS. The maximum absolute atomic E-state index is 6.43. The minimum atomic E-state index is 0.463. The maximum Gasteiger partial charge on any atom is 0.246 e. The van der Waals surface area contributed by atoms with Gasteiger partial charge in [-0.25, -0.2) is 10.4 Å². The molecule has 182 valence electrons. The van der Waals surface area contributed by atoms with E-state index in [1.807, 2.05) is 41.8 Å². The number of anilines is 2. The van der Waals surface area contributed by atoms with Gasteiger partial charge in [-0.1, -0.05) is 47.5 Å². The Balaban J connectivity index is 1.29. The maximum atomic E-state index is 6.43. The normalized spacial score (nSPS) is 14.3. The zero-order valence-corrected chi connectivity index (χ0v) is 21.5. The molecule has 3 aromatic heterocycles. The molecule has 36 heavy (non-hydrogen) atoms. The Labute approximate surface area is 221 Å². The number of fused-ring (bicyclic) bond motifs is 2. The van der Waals surface area contributed by atoms with E-state index in [0.29, 0.717) is 35.8 Å². The number of aromatic nitrogens is 3. The average molecular weight is 537 g/mol. The molecule has 2 aromatic carbocycles.